The second-order valence-corrected chi connectivity index (χ2v) is 4.97. The molecule has 1 aliphatic heterocycles. The number of piperidine rings is 1. The van der Waals surface area contributed by atoms with Gasteiger partial charge in [0.15, 0.2) is 0 Å². The van der Waals surface area contributed by atoms with E-state index in [4.69, 9.17) is 5.26 Å². The predicted octanol–water partition coefficient (Wildman–Crippen LogP) is 2.11. The normalized spacial score (nSPS) is 19.0. The number of nitriles is 1. The fourth-order valence-electron chi connectivity index (χ4n) is 1.87. The Morgan fingerprint density at radius 1 is 1.42 bits per heavy atom. The maximum absolute atomic E-state index is 11.8. The first-order valence-corrected chi connectivity index (χ1v) is 6.09. The van der Waals surface area contributed by atoms with Gasteiger partial charge in [-0.05, 0) is 19.8 Å². The van der Waals surface area contributed by atoms with Crippen LogP contribution in [0, 0.1) is 16.7 Å². The highest BCUT2D eigenvalue weighted by Crippen LogP contribution is 2.29. The summed E-state index contributed by atoms with van der Waals surface area (Å²) in [5.41, 5.74) is -0.399. The molecule has 1 rings (SSSR count). The lowest BCUT2D eigenvalue weighted by molar-refractivity contribution is -0.175. The van der Waals surface area contributed by atoms with Crippen LogP contribution in [-0.4, -0.2) is 43.3 Å². The highest BCUT2D eigenvalue weighted by molar-refractivity contribution is 5.76. The monoisotopic (exact) mass is 278 g/mol. The van der Waals surface area contributed by atoms with Gasteiger partial charge < -0.3 is 9.64 Å². The quantitative estimate of drug-likeness (QED) is 0.740. The van der Waals surface area contributed by atoms with Crippen molar-refractivity contribution < 1.29 is 22.7 Å². The van der Waals surface area contributed by atoms with Crippen molar-refractivity contribution in [2.45, 2.75) is 32.4 Å². The maximum atomic E-state index is 11.8. The van der Waals surface area contributed by atoms with Crippen LogP contribution in [0.1, 0.15) is 26.2 Å². The number of carbonyl (C=O) groups is 1. The number of carbonyl (C=O) groups excluding carboxylic acids is 1. The number of hydrogen-bond donors (Lipinski definition) is 0. The molecule has 0 radical (unpaired) electrons. The van der Waals surface area contributed by atoms with Crippen molar-refractivity contribution in [3.8, 4) is 6.07 Å². The second-order valence-electron chi connectivity index (χ2n) is 4.97. The van der Waals surface area contributed by atoms with Crippen LogP contribution in [-0.2, 0) is 9.53 Å². The zero-order valence-corrected chi connectivity index (χ0v) is 10.8. The summed E-state index contributed by atoms with van der Waals surface area (Å²) in [6.07, 6.45) is -3.22. The van der Waals surface area contributed by atoms with Crippen molar-refractivity contribution in [1.29, 1.82) is 5.26 Å². The highest BCUT2D eigenvalue weighted by Gasteiger charge is 2.32. The van der Waals surface area contributed by atoms with Crippen LogP contribution in [0.4, 0.5) is 13.2 Å². The van der Waals surface area contributed by atoms with Crippen LogP contribution in [0.2, 0.25) is 0 Å². The van der Waals surface area contributed by atoms with E-state index in [0.29, 0.717) is 25.9 Å². The van der Waals surface area contributed by atoms with E-state index >= 15 is 0 Å². The third kappa shape index (κ3) is 5.47. The Balaban J connectivity index is 2.24. The van der Waals surface area contributed by atoms with E-state index in [2.05, 4.69) is 10.8 Å². The largest absolute Gasteiger partial charge is 0.411 e. The van der Waals surface area contributed by atoms with Gasteiger partial charge in [-0.1, -0.05) is 0 Å². The summed E-state index contributed by atoms with van der Waals surface area (Å²) in [7, 11) is 0. The van der Waals surface area contributed by atoms with Crippen LogP contribution in [0.25, 0.3) is 0 Å². The van der Waals surface area contributed by atoms with Gasteiger partial charge in [0.1, 0.15) is 6.61 Å². The first kappa shape index (κ1) is 15.8. The van der Waals surface area contributed by atoms with Crippen LogP contribution in [0.3, 0.4) is 0 Å². The van der Waals surface area contributed by atoms with Gasteiger partial charge in [-0.3, -0.25) is 4.79 Å². The first-order chi connectivity index (χ1) is 8.76. The number of nitrogens with zero attached hydrogens (tertiary/aromatic N) is 2. The third-order valence-corrected chi connectivity index (χ3v) is 3.22. The molecule has 0 atom stereocenters. The summed E-state index contributed by atoms with van der Waals surface area (Å²) in [5.74, 6) is -0.220. The van der Waals surface area contributed by atoms with Gasteiger partial charge in [0.2, 0.25) is 5.91 Å². The number of ether oxygens (including phenoxy) is 1. The smallest absolute Gasteiger partial charge is 0.372 e. The van der Waals surface area contributed by atoms with Crippen molar-refractivity contribution in [3.63, 3.8) is 0 Å². The molecule has 19 heavy (non-hydrogen) atoms. The van der Waals surface area contributed by atoms with E-state index in [1.54, 1.807) is 4.90 Å². The lowest BCUT2D eigenvalue weighted by Gasteiger charge is -2.35. The molecule has 0 aromatic rings. The number of rotatable bonds is 4. The fourth-order valence-corrected chi connectivity index (χ4v) is 1.87. The minimum atomic E-state index is -4.36. The Bertz CT molecular complexity index is 355. The molecule has 0 N–H and O–H groups in total. The molecular formula is C12H17F3N2O2. The Morgan fingerprint density at radius 3 is 2.47 bits per heavy atom. The Hall–Kier alpha value is -1.29. The van der Waals surface area contributed by atoms with Gasteiger partial charge in [0.05, 0.1) is 24.5 Å². The lowest BCUT2D eigenvalue weighted by atomic mass is 9.82. The number of likely N-dealkylation sites (tertiary alicyclic amines) is 1. The standard InChI is InChI=1S/C12H17F3N2O2/c1-11(8-16)3-5-17(6-4-11)10(18)2-7-19-9-12(13,14)15/h2-7,9H2,1H3. The van der Waals surface area contributed by atoms with Crippen LogP contribution in [0.5, 0.6) is 0 Å². The SMILES string of the molecule is CC1(C#N)CCN(C(=O)CCOCC(F)(F)F)CC1. The van der Waals surface area contributed by atoms with Gasteiger partial charge >= 0.3 is 6.18 Å². The van der Waals surface area contributed by atoms with Gasteiger partial charge in [0.25, 0.3) is 0 Å². The Kier molecular flexibility index (Phi) is 5.18. The summed E-state index contributed by atoms with van der Waals surface area (Å²) in [6, 6.07) is 2.22. The van der Waals surface area contributed by atoms with E-state index in [9.17, 15) is 18.0 Å². The topological polar surface area (TPSA) is 53.3 Å². The molecule has 0 aliphatic carbocycles. The molecule has 1 heterocycles. The van der Waals surface area contributed by atoms with Crippen LogP contribution in [0.15, 0.2) is 0 Å². The summed E-state index contributed by atoms with van der Waals surface area (Å²) >= 11 is 0. The molecule has 0 bridgehead atoms. The summed E-state index contributed by atoms with van der Waals surface area (Å²) in [4.78, 5) is 13.3. The molecule has 0 aromatic carbocycles. The van der Waals surface area contributed by atoms with Crippen molar-refractivity contribution in [2.24, 2.45) is 5.41 Å². The average molecular weight is 278 g/mol. The Morgan fingerprint density at radius 2 is 2.00 bits per heavy atom. The van der Waals surface area contributed by atoms with Crippen molar-refractivity contribution in [2.75, 3.05) is 26.3 Å². The van der Waals surface area contributed by atoms with Gasteiger partial charge in [-0.25, -0.2) is 0 Å². The van der Waals surface area contributed by atoms with Gasteiger partial charge in [-0.15, -0.1) is 0 Å². The third-order valence-electron chi connectivity index (χ3n) is 3.22. The second kappa shape index (κ2) is 6.24. The zero-order valence-electron chi connectivity index (χ0n) is 10.8. The molecule has 4 nitrogen and oxygen atoms in total. The minimum Gasteiger partial charge on any atom is -0.372 e. The molecule has 0 saturated carbocycles. The van der Waals surface area contributed by atoms with Crippen LogP contribution >= 0.6 is 0 Å². The zero-order chi connectivity index (χ0) is 14.5. The van der Waals surface area contributed by atoms with Crippen molar-refractivity contribution >= 4 is 5.91 Å². The molecule has 0 spiro atoms. The molecule has 0 aromatic heterocycles. The molecule has 1 aliphatic rings. The van der Waals surface area contributed by atoms with E-state index < -0.39 is 18.2 Å². The summed E-state index contributed by atoms with van der Waals surface area (Å²) in [5, 5.41) is 8.94. The van der Waals surface area contributed by atoms with Gasteiger partial charge in [0, 0.05) is 13.1 Å². The summed E-state index contributed by atoms with van der Waals surface area (Å²) in [6.45, 7) is 1.24. The van der Waals surface area contributed by atoms with Crippen molar-refractivity contribution in [1.82, 2.24) is 4.90 Å². The average Bonchev–Trinajstić information content (AvgIpc) is 2.34. The highest BCUT2D eigenvalue weighted by atomic mass is 19.4. The van der Waals surface area contributed by atoms with E-state index in [1.165, 1.54) is 0 Å². The predicted molar refractivity (Wildman–Crippen MR) is 61.0 cm³/mol. The van der Waals surface area contributed by atoms with Gasteiger partial charge in [-0.2, -0.15) is 18.4 Å². The molecule has 1 amide bonds. The number of halogens is 3. The van der Waals surface area contributed by atoms with Crippen molar-refractivity contribution in [3.05, 3.63) is 0 Å². The fraction of sp³-hybridized carbons (Fsp3) is 0.833. The summed E-state index contributed by atoms with van der Waals surface area (Å²) < 4.78 is 39.8. The van der Waals surface area contributed by atoms with E-state index in [1.807, 2.05) is 6.92 Å². The number of hydrogen-bond acceptors (Lipinski definition) is 3. The Labute approximate surface area is 110 Å². The number of amides is 1. The minimum absolute atomic E-state index is 0.0562. The lowest BCUT2D eigenvalue weighted by Crippen LogP contribution is -2.42. The van der Waals surface area contributed by atoms with E-state index in [-0.39, 0.29) is 18.9 Å². The molecule has 108 valence electrons. The first-order valence-electron chi connectivity index (χ1n) is 6.09. The molecule has 7 heteroatoms. The van der Waals surface area contributed by atoms with E-state index in [0.717, 1.165) is 0 Å². The molecule has 0 unspecified atom stereocenters. The molecular weight excluding hydrogens is 261 g/mol. The maximum Gasteiger partial charge on any atom is 0.411 e. The van der Waals surface area contributed by atoms with Crippen LogP contribution < -0.4 is 0 Å². The number of alkyl halides is 3. The molecule has 1 fully saturated rings. The molecule has 1 saturated heterocycles.